The van der Waals surface area contributed by atoms with Crippen molar-refractivity contribution >= 4 is 0 Å². The van der Waals surface area contributed by atoms with Gasteiger partial charge < -0.3 is 25.0 Å². The largest absolute Gasteiger partial charge is 0.493 e. The van der Waals surface area contributed by atoms with Crippen LogP contribution in [0.4, 0.5) is 0 Å². The molecule has 5 nitrogen and oxygen atoms in total. The van der Waals surface area contributed by atoms with Crippen LogP contribution in [-0.4, -0.2) is 43.1 Å². The minimum atomic E-state index is -0.0952. The fourth-order valence-electron chi connectivity index (χ4n) is 1.64. The minimum Gasteiger partial charge on any atom is -0.493 e. The lowest BCUT2D eigenvalue weighted by atomic mass is 10.2. The Bertz CT molecular complexity index is 370. The lowest BCUT2D eigenvalue weighted by Gasteiger charge is -2.18. The number of aliphatic hydroxyl groups is 2. The van der Waals surface area contributed by atoms with Crippen molar-refractivity contribution in [1.29, 1.82) is 0 Å². The molecule has 1 aromatic rings. The number of hydrogen-bond donors (Lipinski definition) is 3. The summed E-state index contributed by atoms with van der Waals surface area (Å²) in [6.07, 6.45) is 1.00. The molecule has 1 atom stereocenters. The molecule has 0 aromatic heterocycles. The fourth-order valence-corrected chi connectivity index (χ4v) is 1.64. The first kappa shape index (κ1) is 15.8. The highest BCUT2D eigenvalue weighted by Crippen LogP contribution is 2.28. The van der Waals surface area contributed by atoms with Crippen molar-refractivity contribution in [1.82, 2.24) is 5.32 Å². The average Bonchev–Trinajstić information content (AvgIpc) is 2.47. The van der Waals surface area contributed by atoms with Gasteiger partial charge in [-0.25, -0.2) is 0 Å². The van der Waals surface area contributed by atoms with E-state index in [2.05, 4.69) is 12.2 Å². The zero-order chi connectivity index (χ0) is 14.1. The van der Waals surface area contributed by atoms with Crippen LogP contribution in [0.1, 0.15) is 18.9 Å². The van der Waals surface area contributed by atoms with Crippen LogP contribution in [0.2, 0.25) is 0 Å². The third-order valence-electron chi connectivity index (χ3n) is 2.75. The second-order valence-electron chi connectivity index (χ2n) is 4.29. The van der Waals surface area contributed by atoms with Gasteiger partial charge in [-0.2, -0.15) is 0 Å². The molecule has 0 aliphatic rings. The molecular weight excluding hydrogens is 246 g/mol. The first-order valence-electron chi connectivity index (χ1n) is 6.50. The highest BCUT2D eigenvalue weighted by molar-refractivity contribution is 5.42. The van der Waals surface area contributed by atoms with E-state index in [0.717, 1.165) is 18.5 Å². The molecule has 0 saturated carbocycles. The van der Waals surface area contributed by atoms with Gasteiger partial charge >= 0.3 is 0 Å². The number of hydrogen-bond acceptors (Lipinski definition) is 5. The lowest BCUT2D eigenvalue weighted by molar-refractivity contribution is 0.180. The van der Waals surface area contributed by atoms with Gasteiger partial charge in [-0.1, -0.05) is 13.0 Å². The van der Waals surface area contributed by atoms with Crippen LogP contribution in [0.3, 0.4) is 0 Å². The Hall–Kier alpha value is -1.30. The van der Waals surface area contributed by atoms with E-state index in [1.807, 2.05) is 0 Å². The number of aliphatic hydroxyl groups excluding tert-OH is 2. The van der Waals surface area contributed by atoms with Crippen LogP contribution in [0.25, 0.3) is 0 Å². The van der Waals surface area contributed by atoms with E-state index in [0.29, 0.717) is 18.1 Å². The topological polar surface area (TPSA) is 71.0 Å². The van der Waals surface area contributed by atoms with E-state index in [1.165, 1.54) is 0 Å². The van der Waals surface area contributed by atoms with Gasteiger partial charge in [0.15, 0.2) is 11.5 Å². The van der Waals surface area contributed by atoms with Gasteiger partial charge in [-0.15, -0.1) is 0 Å². The molecule has 3 N–H and O–H groups in total. The highest BCUT2D eigenvalue weighted by atomic mass is 16.5. The first-order chi connectivity index (χ1) is 9.24. The fraction of sp³-hybridized carbons (Fsp3) is 0.571. The summed E-state index contributed by atoms with van der Waals surface area (Å²) in [5.74, 6) is 1.19. The standard InChI is InChI=1S/C14H23NO4/c1-3-6-15-12(9-17)10-19-13-5-4-11(8-16)7-14(13)18-2/h4-5,7,12,15-17H,3,6,8-10H2,1-2H3. The quantitative estimate of drug-likeness (QED) is 0.622. The Morgan fingerprint density at radius 2 is 2.05 bits per heavy atom. The zero-order valence-electron chi connectivity index (χ0n) is 11.6. The molecular formula is C14H23NO4. The lowest BCUT2D eigenvalue weighted by Crippen LogP contribution is -2.38. The van der Waals surface area contributed by atoms with Crippen molar-refractivity contribution in [3.8, 4) is 11.5 Å². The van der Waals surface area contributed by atoms with E-state index in [1.54, 1.807) is 25.3 Å². The van der Waals surface area contributed by atoms with Crippen molar-refractivity contribution in [3.63, 3.8) is 0 Å². The first-order valence-corrected chi connectivity index (χ1v) is 6.50. The summed E-state index contributed by atoms with van der Waals surface area (Å²) in [7, 11) is 1.56. The SMILES string of the molecule is CCCNC(CO)COc1ccc(CO)cc1OC. The molecule has 1 aromatic carbocycles. The summed E-state index contributed by atoms with van der Waals surface area (Å²) < 4.78 is 10.9. The molecule has 1 rings (SSSR count). The number of rotatable bonds is 9. The van der Waals surface area contributed by atoms with Crippen molar-refractivity contribution in [2.75, 3.05) is 26.9 Å². The predicted octanol–water partition coefficient (Wildman–Crippen LogP) is 0.927. The van der Waals surface area contributed by atoms with Crippen LogP contribution in [0.5, 0.6) is 11.5 Å². The molecule has 19 heavy (non-hydrogen) atoms. The van der Waals surface area contributed by atoms with Crippen LogP contribution in [-0.2, 0) is 6.61 Å². The molecule has 0 aliphatic heterocycles. The minimum absolute atomic E-state index is 0.0248. The Balaban J connectivity index is 2.60. The summed E-state index contributed by atoms with van der Waals surface area (Å²) in [5, 5.41) is 21.5. The number of benzene rings is 1. The Morgan fingerprint density at radius 3 is 2.63 bits per heavy atom. The molecule has 0 spiro atoms. The summed E-state index contributed by atoms with van der Waals surface area (Å²) >= 11 is 0. The van der Waals surface area contributed by atoms with Crippen molar-refractivity contribution in [3.05, 3.63) is 23.8 Å². The Labute approximate surface area is 114 Å². The van der Waals surface area contributed by atoms with Crippen LogP contribution in [0.15, 0.2) is 18.2 Å². The van der Waals surface area contributed by atoms with E-state index in [9.17, 15) is 5.11 Å². The molecule has 0 bridgehead atoms. The Morgan fingerprint density at radius 1 is 1.26 bits per heavy atom. The maximum Gasteiger partial charge on any atom is 0.161 e. The summed E-state index contributed by atoms with van der Waals surface area (Å²) in [6.45, 7) is 3.27. The monoisotopic (exact) mass is 269 g/mol. The molecule has 5 heteroatoms. The maximum absolute atomic E-state index is 9.23. The molecule has 0 saturated heterocycles. The van der Waals surface area contributed by atoms with Crippen molar-refractivity contribution in [2.24, 2.45) is 0 Å². The highest BCUT2D eigenvalue weighted by Gasteiger charge is 2.10. The van der Waals surface area contributed by atoms with Gasteiger partial charge in [0.25, 0.3) is 0 Å². The summed E-state index contributed by atoms with van der Waals surface area (Å²) in [5.41, 5.74) is 0.770. The van der Waals surface area contributed by atoms with Crippen molar-refractivity contribution < 1.29 is 19.7 Å². The zero-order valence-corrected chi connectivity index (χ0v) is 11.6. The average molecular weight is 269 g/mol. The van der Waals surface area contributed by atoms with Crippen molar-refractivity contribution in [2.45, 2.75) is 26.0 Å². The van der Waals surface area contributed by atoms with Gasteiger partial charge in [0.1, 0.15) is 6.61 Å². The van der Waals surface area contributed by atoms with E-state index < -0.39 is 0 Å². The molecule has 0 radical (unpaired) electrons. The molecule has 0 amide bonds. The normalized spacial score (nSPS) is 12.2. The summed E-state index contributed by atoms with van der Waals surface area (Å²) in [4.78, 5) is 0. The molecule has 1 unspecified atom stereocenters. The van der Waals surface area contributed by atoms with Gasteiger partial charge in [-0.3, -0.25) is 0 Å². The van der Waals surface area contributed by atoms with Gasteiger partial charge in [0.2, 0.25) is 0 Å². The van der Waals surface area contributed by atoms with Gasteiger partial charge in [-0.05, 0) is 30.7 Å². The molecule has 0 fully saturated rings. The third kappa shape index (κ3) is 5.06. The van der Waals surface area contributed by atoms with E-state index >= 15 is 0 Å². The second kappa shape index (κ2) is 8.74. The van der Waals surface area contributed by atoms with Crippen LogP contribution in [0, 0.1) is 0 Å². The van der Waals surface area contributed by atoms with Gasteiger partial charge in [0, 0.05) is 0 Å². The number of methoxy groups -OCH3 is 1. The summed E-state index contributed by atoms with van der Waals surface area (Å²) in [6, 6.07) is 5.19. The van der Waals surface area contributed by atoms with E-state index in [-0.39, 0.29) is 19.3 Å². The smallest absolute Gasteiger partial charge is 0.161 e. The second-order valence-corrected chi connectivity index (χ2v) is 4.29. The molecule has 0 aliphatic carbocycles. The molecule has 108 valence electrons. The predicted molar refractivity (Wildman–Crippen MR) is 73.6 cm³/mol. The molecule has 0 heterocycles. The van der Waals surface area contributed by atoms with Crippen LogP contribution >= 0.6 is 0 Å². The van der Waals surface area contributed by atoms with E-state index in [4.69, 9.17) is 14.6 Å². The third-order valence-corrected chi connectivity index (χ3v) is 2.75. The van der Waals surface area contributed by atoms with Crippen LogP contribution < -0.4 is 14.8 Å². The Kier molecular flexibility index (Phi) is 7.25. The number of ether oxygens (including phenoxy) is 2. The van der Waals surface area contributed by atoms with Gasteiger partial charge in [0.05, 0.1) is 26.4 Å². The number of nitrogens with one attached hydrogen (secondary N) is 1. The maximum atomic E-state index is 9.23.